The molecule has 3 heterocycles. The summed E-state index contributed by atoms with van der Waals surface area (Å²) in [6.07, 6.45) is 2.72. The molecule has 0 aliphatic carbocycles. The Bertz CT molecular complexity index is 553. The van der Waals surface area contributed by atoms with Gasteiger partial charge in [-0.05, 0) is 39.8 Å². The minimum absolute atomic E-state index is 0.00796. The molecule has 6 nitrogen and oxygen atoms in total. The van der Waals surface area contributed by atoms with Gasteiger partial charge in [-0.15, -0.1) is 11.3 Å². The smallest absolute Gasteiger partial charge is 0.273 e. The number of likely N-dealkylation sites (tertiary alicyclic amines) is 1. The second kappa shape index (κ2) is 6.84. The highest BCUT2D eigenvalue weighted by molar-refractivity contribution is 7.09. The zero-order valence-electron chi connectivity index (χ0n) is 13.8. The van der Waals surface area contributed by atoms with Crippen molar-refractivity contribution in [1.29, 1.82) is 0 Å². The third-order valence-corrected chi connectivity index (χ3v) is 5.57. The van der Waals surface area contributed by atoms with Crippen molar-refractivity contribution in [2.75, 3.05) is 33.8 Å². The third kappa shape index (κ3) is 3.57. The van der Waals surface area contributed by atoms with Crippen molar-refractivity contribution in [1.82, 2.24) is 14.8 Å². The van der Waals surface area contributed by atoms with Gasteiger partial charge in [-0.1, -0.05) is 0 Å². The van der Waals surface area contributed by atoms with E-state index in [9.17, 15) is 9.90 Å². The van der Waals surface area contributed by atoms with Gasteiger partial charge in [0.2, 0.25) is 0 Å². The average Bonchev–Trinajstić information content (AvgIpc) is 2.98. The Morgan fingerprint density at radius 3 is 2.91 bits per heavy atom. The monoisotopic (exact) mass is 339 g/mol. The number of aliphatic hydroxyl groups is 1. The quantitative estimate of drug-likeness (QED) is 0.900. The van der Waals surface area contributed by atoms with E-state index in [1.165, 1.54) is 11.3 Å². The van der Waals surface area contributed by atoms with Gasteiger partial charge < -0.3 is 19.6 Å². The molecule has 1 amide bonds. The lowest BCUT2D eigenvalue weighted by atomic mass is 9.82. The van der Waals surface area contributed by atoms with Crippen molar-refractivity contribution in [2.24, 2.45) is 0 Å². The van der Waals surface area contributed by atoms with Crippen molar-refractivity contribution in [3.05, 3.63) is 16.1 Å². The van der Waals surface area contributed by atoms with Crippen molar-refractivity contribution < 1.29 is 14.6 Å². The molecule has 0 unspecified atom stereocenters. The molecule has 3 rings (SSSR count). The highest BCUT2D eigenvalue weighted by atomic mass is 32.1. The Morgan fingerprint density at radius 1 is 1.52 bits per heavy atom. The molecule has 2 aliphatic heterocycles. The van der Waals surface area contributed by atoms with E-state index >= 15 is 0 Å². The van der Waals surface area contributed by atoms with Crippen LogP contribution in [0.3, 0.4) is 0 Å². The zero-order chi connectivity index (χ0) is 16.4. The van der Waals surface area contributed by atoms with Crippen LogP contribution in [-0.2, 0) is 11.3 Å². The van der Waals surface area contributed by atoms with E-state index in [0.29, 0.717) is 38.2 Å². The largest absolute Gasteiger partial charge is 0.390 e. The van der Waals surface area contributed by atoms with Gasteiger partial charge in [-0.3, -0.25) is 4.79 Å². The lowest BCUT2D eigenvalue weighted by molar-refractivity contribution is -0.174. The molecule has 1 aromatic heterocycles. The zero-order valence-corrected chi connectivity index (χ0v) is 14.6. The standard InChI is InChI=1S/C16H25N3O3S/c1-18(2)10-14-17-12(11-23-14)15(21)19-7-5-16(6-8-19)13(20)4-3-9-22-16/h11,13,20H,3-10H2,1-2H3/t13-/m0/s1. The van der Waals surface area contributed by atoms with E-state index in [2.05, 4.69) is 4.98 Å². The summed E-state index contributed by atoms with van der Waals surface area (Å²) >= 11 is 1.53. The van der Waals surface area contributed by atoms with E-state index in [4.69, 9.17) is 4.74 Å². The first-order valence-corrected chi connectivity index (χ1v) is 9.08. The first-order valence-electron chi connectivity index (χ1n) is 8.21. The first-order chi connectivity index (χ1) is 11.0. The van der Waals surface area contributed by atoms with Crippen LogP contribution in [0.1, 0.15) is 41.2 Å². The number of hydrogen-bond donors (Lipinski definition) is 1. The molecule has 0 bridgehead atoms. The Balaban J connectivity index is 1.61. The van der Waals surface area contributed by atoms with E-state index in [1.54, 1.807) is 0 Å². The minimum atomic E-state index is -0.437. The molecule has 128 valence electrons. The second-order valence-electron chi connectivity index (χ2n) is 6.73. The molecule has 23 heavy (non-hydrogen) atoms. The fourth-order valence-electron chi connectivity index (χ4n) is 3.39. The van der Waals surface area contributed by atoms with Crippen LogP contribution in [0.5, 0.6) is 0 Å². The summed E-state index contributed by atoms with van der Waals surface area (Å²) in [6, 6.07) is 0. The molecule has 0 saturated carbocycles. The fourth-order valence-corrected chi connectivity index (χ4v) is 4.28. The van der Waals surface area contributed by atoms with Gasteiger partial charge in [-0.2, -0.15) is 0 Å². The fraction of sp³-hybridized carbons (Fsp3) is 0.750. The molecule has 1 spiro atoms. The Labute approximate surface area is 141 Å². The van der Waals surface area contributed by atoms with Crippen LogP contribution in [-0.4, -0.2) is 71.3 Å². The summed E-state index contributed by atoms with van der Waals surface area (Å²) in [7, 11) is 3.98. The van der Waals surface area contributed by atoms with Crippen molar-refractivity contribution in [3.63, 3.8) is 0 Å². The maximum absolute atomic E-state index is 12.6. The first kappa shape index (κ1) is 16.8. The number of aromatic nitrogens is 1. The van der Waals surface area contributed by atoms with Gasteiger partial charge in [0.05, 0.1) is 11.7 Å². The number of nitrogens with zero attached hydrogens (tertiary/aromatic N) is 3. The topological polar surface area (TPSA) is 65.9 Å². The summed E-state index contributed by atoms with van der Waals surface area (Å²) in [5, 5.41) is 13.1. The second-order valence-corrected chi connectivity index (χ2v) is 7.67. The predicted molar refractivity (Wildman–Crippen MR) is 88.6 cm³/mol. The highest BCUT2D eigenvalue weighted by Crippen LogP contribution is 2.35. The molecular formula is C16H25N3O3S. The average molecular weight is 339 g/mol. The van der Waals surface area contributed by atoms with Crippen LogP contribution in [0.25, 0.3) is 0 Å². The number of carbonyl (C=O) groups excluding carboxylic acids is 1. The maximum Gasteiger partial charge on any atom is 0.273 e. The van der Waals surface area contributed by atoms with Crippen LogP contribution in [0, 0.1) is 0 Å². The van der Waals surface area contributed by atoms with Crippen LogP contribution in [0.2, 0.25) is 0 Å². The molecule has 1 atom stereocenters. The molecule has 1 N–H and O–H groups in total. The molecule has 2 aliphatic rings. The number of thiazole rings is 1. The van der Waals surface area contributed by atoms with Gasteiger partial charge >= 0.3 is 0 Å². The van der Waals surface area contributed by atoms with E-state index < -0.39 is 11.7 Å². The van der Waals surface area contributed by atoms with Gasteiger partial charge in [-0.25, -0.2) is 4.98 Å². The summed E-state index contributed by atoms with van der Waals surface area (Å²) < 4.78 is 5.89. The molecule has 0 aromatic carbocycles. The van der Waals surface area contributed by atoms with E-state index in [0.717, 1.165) is 24.4 Å². The summed E-state index contributed by atoms with van der Waals surface area (Å²) in [6.45, 7) is 2.71. The number of piperidine rings is 1. The van der Waals surface area contributed by atoms with Crippen molar-refractivity contribution >= 4 is 17.2 Å². The molecule has 2 fully saturated rings. The molecular weight excluding hydrogens is 314 g/mol. The number of aliphatic hydroxyl groups excluding tert-OH is 1. The number of carbonyl (C=O) groups is 1. The van der Waals surface area contributed by atoms with Crippen LogP contribution < -0.4 is 0 Å². The SMILES string of the molecule is CN(C)Cc1nc(C(=O)N2CCC3(CC2)OCCC[C@@H]3O)cs1. The van der Waals surface area contributed by atoms with E-state index in [-0.39, 0.29) is 5.91 Å². The third-order valence-electron chi connectivity index (χ3n) is 4.74. The molecule has 7 heteroatoms. The van der Waals surface area contributed by atoms with Crippen LogP contribution in [0.4, 0.5) is 0 Å². The molecule has 0 radical (unpaired) electrons. The van der Waals surface area contributed by atoms with Crippen LogP contribution >= 0.6 is 11.3 Å². The number of ether oxygens (including phenoxy) is 1. The van der Waals surface area contributed by atoms with Gasteiger partial charge in [0.1, 0.15) is 10.7 Å². The summed E-state index contributed by atoms with van der Waals surface area (Å²) in [5.74, 6) is -0.00796. The molecule has 2 saturated heterocycles. The van der Waals surface area contributed by atoms with Crippen LogP contribution in [0.15, 0.2) is 5.38 Å². The highest BCUT2D eigenvalue weighted by Gasteiger charge is 2.44. The van der Waals surface area contributed by atoms with Gasteiger partial charge in [0.15, 0.2) is 0 Å². The van der Waals surface area contributed by atoms with Crippen molar-refractivity contribution in [3.8, 4) is 0 Å². The number of amides is 1. The molecule has 1 aromatic rings. The number of rotatable bonds is 3. The van der Waals surface area contributed by atoms with Gasteiger partial charge in [0.25, 0.3) is 5.91 Å². The summed E-state index contributed by atoms with van der Waals surface area (Å²) in [4.78, 5) is 20.9. The lowest BCUT2D eigenvalue weighted by Crippen LogP contribution is -2.56. The predicted octanol–water partition coefficient (Wildman–Crippen LogP) is 1.35. The minimum Gasteiger partial charge on any atom is -0.390 e. The Morgan fingerprint density at radius 2 is 2.26 bits per heavy atom. The Kier molecular flexibility index (Phi) is 5.01. The van der Waals surface area contributed by atoms with Crippen molar-refractivity contribution in [2.45, 2.75) is 43.9 Å². The lowest BCUT2D eigenvalue weighted by Gasteiger charge is -2.46. The normalized spacial score (nSPS) is 24.3. The number of hydrogen-bond acceptors (Lipinski definition) is 6. The van der Waals surface area contributed by atoms with Gasteiger partial charge in [0, 0.05) is 31.6 Å². The van der Waals surface area contributed by atoms with E-state index in [1.807, 2.05) is 29.3 Å². The maximum atomic E-state index is 12.6. The Hall–Kier alpha value is -1.02. The summed E-state index contributed by atoms with van der Waals surface area (Å²) in [5.41, 5.74) is 0.0978.